The van der Waals surface area contributed by atoms with Crippen molar-refractivity contribution in [3.63, 3.8) is 0 Å². The fraction of sp³-hybridized carbons (Fsp3) is 0.0500. The van der Waals surface area contributed by atoms with Crippen LogP contribution in [0.25, 0.3) is 22.0 Å². The van der Waals surface area contributed by atoms with Crippen molar-refractivity contribution in [2.75, 3.05) is 11.8 Å². The zero-order chi connectivity index (χ0) is 23.0. The second-order valence-corrected chi connectivity index (χ2v) is 8.55. The average Bonchev–Trinajstić information content (AvgIpc) is 2.76. The van der Waals surface area contributed by atoms with Crippen molar-refractivity contribution in [1.82, 2.24) is 15.0 Å². The summed E-state index contributed by atoms with van der Waals surface area (Å²) in [6.07, 6.45) is 1.41. The summed E-state index contributed by atoms with van der Waals surface area (Å²) >= 11 is 5.83. The van der Waals surface area contributed by atoms with Gasteiger partial charge in [0.25, 0.3) is 10.0 Å². The van der Waals surface area contributed by atoms with E-state index >= 15 is 4.39 Å². The van der Waals surface area contributed by atoms with Crippen molar-refractivity contribution < 1.29 is 26.3 Å². The molecule has 12 heteroatoms. The van der Waals surface area contributed by atoms with Gasteiger partial charge in [0.15, 0.2) is 10.7 Å². The Balaban J connectivity index is 1.79. The summed E-state index contributed by atoms with van der Waals surface area (Å²) in [6.45, 7) is 0. The van der Waals surface area contributed by atoms with Gasteiger partial charge in [0, 0.05) is 17.8 Å². The number of sulfonamides is 1. The summed E-state index contributed by atoms with van der Waals surface area (Å²) in [5.74, 6) is -2.36. The maximum absolute atomic E-state index is 15.3. The molecular weight excluding hydrogens is 469 g/mol. The van der Waals surface area contributed by atoms with Crippen LogP contribution in [0.15, 0.2) is 53.7 Å². The standard InChI is InChI=1S/C20H12ClF3N4O3S/c1-31-19-16(7-12(21)9-25-19)32(29,30)28-15-5-3-13(22)17(18(15)23)10-2-4-14-11(6-10)8-26-20(24)27-14/h2-9,28H,1H3. The zero-order valence-corrected chi connectivity index (χ0v) is 17.7. The number of benzene rings is 2. The summed E-state index contributed by atoms with van der Waals surface area (Å²) < 4.78 is 75.6. The van der Waals surface area contributed by atoms with E-state index in [-0.39, 0.29) is 22.0 Å². The first-order chi connectivity index (χ1) is 15.2. The largest absolute Gasteiger partial charge is 0.480 e. The minimum absolute atomic E-state index is 0.0151. The summed E-state index contributed by atoms with van der Waals surface area (Å²) in [6, 6.07) is 7.00. The number of hydrogen-bond acceptors (Lipinski definition) is 6. The van der Waals surface area contributed by atoms with Crippen molar-refractivity contribution in [2.24, 2.45) is 0 Å². The van der Waals surface area contributed by atoms with E-state index in [0.29, 0.717) is 5.39 Å². The number of nitrogens with one attached hydrogen (secondary N) is 1. The molecule has 2 aromatic carbocycles. The van der Waals surface area contributed by atoms with Gasteiger partial charge in [0.05, 0.1) is 28.9 Å². The molecule has 0 atom stereocenters. The molecule has 0 aliphatic carbocycles. The zero-order valence-electron chi connectivity index (χ0n) is 16.1. The lowest BCUT2D eigenvalue weighted by Gasteiger charge is -2.14. The fourth-order valence-corrected chi connectivity index (χ4v) is 4.44. The van der Waals surface area contributed by atoms with Crippen molar-refractivity contribution >= 4 is 38.2 Å². The van der Waals surface area contributed by atoms with E-state index in [4.69, 9.17) is 16.3 Å². The highest BCUT2D eigenvalue weighted by atomic mass is 35.5. The van der Waals surface area contributed by atoms with Gasteiger partial charge in [-0.25, -0.2) is 32.2 Å². The Morgan fingerprint density at radius 3 is 2.56 bits per heavy atom. The normalized spacial score (nSPS) is 11.5. The second-order valence-electron chi connectivity index (χ2n) is 6.46. The molecule has 32 heavy (non-hydrogen) atoms. The Morgan fingerprint density at radius 1 is 1.03 bits per heavy atom. The lowest BCUT2D eigenvalue weighted by molar-refractivity contribution is 0.385. The molecule has 1 N–H and O–H groups in total. The highest BCUT2D eigenvalue weighted by Crippen LogP contribution is 2.34. The number of anilines is 1. The van der Waals surface area contributed by atoms with Crippen LogP contribution in [-0.4, -0.2) is 30.5 Å². The van der Waals surface area contributed by atoms with E-state index in [1.165, 1.54) is 37.7 Å². The van der Waals surface area contributed by atoms with Gasteiger partial charge in [-0.1, -0.05) is 17.7 Å². The maximum atomic E-state index is 15.3. The minimum Gasteiger partial charge on any atom is -0.480 e. The molecule has 4 rings (SSSR count). The van der Waals surface area contributed by atoms with E-state index in [9.17, 15) is 17.2 Å². The van der Waals surface area contributed by atoms with E-state index in [1.54, 1.807) is 0 Å². The molecule has 7 nitrogen and oxygen atoms in total. The first-order valence-corrected chi connectivity index (χ1v) is 10.7. The molecule has 164 valence electrons. The van der Waals surface area contributed by atoms with E-state index < -0.39 is 43.9 Å². The highest BCUT2D eigenvalue weighted by molar-refractivity contribution is 7.92. The molecule has 0 bridgehead atoms. The molecular formula is C20H12ClF3N4O3S. The number of aromatic nitrogens is 3. The van der Waals surface area contributed by atoms with Crippen LogP contribution in [0, 0.1) is 17.7 Å². The van der Waals surface area contributed by atoms with Gasteiger partial charge >= 0.3 is 6.08 Å². The quantitative estimate of drug-likeness (QED) is 0.420. The van der Waals surface area contributed by atoms with Crippen LogP contribution in [-0.2, 0) is 10.0 Å². The third-order valence-electron chi connectivity index (χ3n) is 4.44. The fourth-order valence-electron chi connectivity index (χ4n) is 3.02. The SMILES string of the molecule is COc1ncc(Cl)cc1S(=O)(=O)Nc1ccc(F)c(-c2ccc3nc(F)ncc3c2)c1F. The molecule has 4 aromatic rings. The smallest absolute Gasteiger partial charge is 0.309 e. The molecule has 0 saturated heterocycles. The minimum atomic E-state index is -4.40. The molecule has 0 amide bonds. The number of nitrogens with zero attached hydrogens (tertiary/aromatic N) is 3. The Bertz CT molecular complexity index is 1470. The molecule has 0 spiro atoms. The monoisotopic (exact) mass is 480 g/mol. The van der Waals surface area contributed by atoms with Crippen LogP contribution >= 0.6 is 11.6 Å². The van der Waals surface area contributed by atoms with Gasteiger partial charge in [-0.15, -0.1) is 0 Å². The molecule has 0 radical (unpaired) electrons. The van der Waals surface area contributed by atoms with Crippen LogP contribution in [0.5, 0.6) is 5.88 Å². The average molecular weight is 481 g/mol. The Hall–Kier alpha value is -3.44. The van der Waals surface area contributed by atoms with Gasteiger partial charge < -0.3 is 4.74 Å². The molecule has 0 aliphatic heterocycles. The van der Waals surface area contributed by atoms with Crippen LogP contribution in [0.1, 0.15) is 0 Å². The van der Waals surface area contributed by atoms with E-state index in [2.05, 4.69) is 19.7 Å². The molecule has 0 unspecified atom stereocenters. The molecule has 0 fully saturated rings. The third kappa shape index (κ3) is 4.04. The first kappa shape index (κ1) is 21.8. The molecule has 0 aliphatic rings. The third-order valence-corrected chi connectivity index (χ3v) is 6.01. The topological polar surface area (TPSA) is 94.1 Å². The van der Waals surface area contributed by atoms with Crippen LogP contribution in [0.2, 0.25) is 5.02 Å². The first-order valence-electron chi connectivity index (χ1n) is 8.82. The van der Waals surface area contributed by atoms with Crippen LogP contribution < -0.4 is 9.46 Å². The number of methoxy groups -OCH3 is 1. The Labute approximate surface area is 184 Å². The van der Waals surface area contributed by atoms with Gasteiger partial charge in [0.2, 0.25) is 5.88 Å². The summed E-state index contributed by atoms with van der Waals surface area (Å²) in [4.78, 5) is 10.4. The molecule has 2 heterocycles. The van der Waals surface area contributed by atoms with Gasteiger partial charge in [-0.3, -0.25) is 4.72 Å². The van der Waals surface area contributed by atoms with Crippen LogP contribution in [0.4, 0.5) is 18.9 Å². The molecule has 2 aromatic heterocycles. The Morgan fingerprint density at radius 2 is 1.81 bits per heavy atom. The number of pyridine rings is 1. The van der Waals surface area contributed by atoms with Crippen molar-refractivity contribution in [3.05, 3.63) is 71.5 Å². The maximum Gasteiger partial charge on any atom is 0.309 e. The van der Waals surface area contributed by atoms with Crippen LogP contribution in [0.3, 0.4) is 0 Å². The van der Waals surface area contributed by atoms with E-state index in [1.807, 2.05) is 0 Å². The van der Waals surface area contributed by atoms with Crippen molar-refractivity contribution in [1.29, 1.82) is 0 Å². The lowest BCUT2D eigenvalue weighted by atomic mass is 10.0. The van der Waals surface area contributed by atoms with Crippen molar-refractivity contribution in [2.45, 2.75) is 4.90 Å². The summed E-state index contributed by atoms with van der Waals surface area (Å²) in [5, 5.41) is 0.352. The summed E-state index contributed by atoms with van der Waals surface area (Å²) in [7, 11) is -3.19. The predicted octanol–water partition coefficient (Wildman–Crippen LogP) is 4.57. The lowest BCUT2D eigenvalue weighted by Crippen LogP contribution is -2.16. The van der Waals surface area contributed by atoms with Gasteiger partial charge in [-0.2, -0.15) is 4.39 Å². The number of halogens is 4. The van der Waals surface area contributed by atoms with Crippen molar-refractivity contribution in [3.8, 4) is 17.0 Å². The van der Waals surface area contributed by atoms with E-state index in [0.717, 1.165) is 18.2 Å². The number of ether oxygens (including phenoxy) is 1. The molecule has 0 saturated carbocycles. The summed E-state index contributed by atoms with van der Waals surface area (Å²) in [5.41, 5.74) is -0.697. The second kappa shape index (κ2) is 8.24. The predicted molar refractivity (Wildman–Crippen MR) is 111 cm³/mol. The van der Waals surface area contributed by atoms with Gasteiger partial charge in [0.1, 0.15) is 5.82 Å². The highest BCUT2D eigenvalue weighted by Gasteiger charge is 2.25. The number of fused-ring (bicyclic) bond motifs is 1. The number of rotatable bonds is 5. The Kier molecular flexibility index (Phi) is 5.61. The van der Waals surface area contributed by atoms with Gasteiger partial charge in [-0.05, 0) is 35.9 Å². The number of hydrogen-bond donors (Lipinski definition) is 1.